The largest absolute Gasteiger partial charge is 0.492 e. The minimum absolute atomic E-state index is 0.129. The highest BCUT2D eigenvalue weighted by Crippen LogP contribution is 2.46. The van der Waals surface area contributed by atoms with Crippen LogP contribution in [-0.2, 0) is 25.6 Å². The highest BCUT2D eigenvalue weighted by molar-refractivity contribution is 7.92. The van der Waals surface area contributed by atoms with E-state index in [1.807, 2.05) is 49.4 Å². The molecule has 0 saturated heterocycles. The molecule has 0 saturated carbocycles. The summed E-state index contributed by atoms with van der Waals surface area (Å²) in [6, 6.07) is 35.5. The van der Waals surface area contributed by atoms with Gasteiger partial charge in [0.15, 0.2) is 5.82 Å². The van der Waals surface area contributed by atoms with Crippen molar-refractivity contribution in [2.75, 3.05) is 40.8 Å². The summed E-state index contributed by atoms with van der Waals surface area (Å²) in [7, 11) is -4.09. The van der Waals surface area contributed by atoms with E-state index in [1.54, 1.807) is 39.9 Å². The predicted molar refractivity (Wildman–Crippen MR) is 307 cm³/mol. The number of carbonyl (C=O) groups is 1. The molecule has 8 rings (SSSR count). The maximum atomic E-state index is 15.2. The summed E-state index contributed by atoms with van der Waals surface area (Å²) in [5, 5.41) is 8.44. The summed E-state index contributed by atoms with van der Waals surface area (Å²) in [6.07, 6.45) is 10.3. The third kappa shape index (κ3) is 12.1. The van der Waals surface area contributed by atoms with Crippen LogP contribution in [0.25, 0.3) is 28.2 Å². The minimum Gasteiger partial charge on any atom is -0.492 e. The molecule has 2 N–H and O–H groups in total. The maximum absolute atomic E-state index is 15.2. The van der Waals surface area contributed by atoms with Crippen LogP contribution in [0.5, 0.6) is 5.75 Å². The molecule has 13 heteroatoms. The molecule has 12 nitrogen and oxygen atoms in total. The van der Waals surface area contributed by atoms with Crippen LogP contribution >= 0.6 is 0 Å². The maximum Gasteiger partial charge on any atom is 0.419 e. The van der Waals surface area contributed by atoms with Crippen molar-refractivity contribution < 1.29 is 22.7 Å². The van der Waals surface area contributed by atoms with E-state index < -0.39 is 21.5 Å². The highest BCUT2D eigenvalue weighted by Gasteiger charge is 2.36. The molecule has 2 heterocycles. The van der Waals surface area contributed by atoms with Gasteiger partial charge < -0.3 is 14.4 Å². The summed E-state index contributed by atoms with van der Waals surface area (Å²) < 4.78 is 46.1. The number of hydrogen-bond acceptors (Lipinski definition) is 8. The molecule has 2 aromatic heterocycles. The first kappa shape index (κ1) is 54.7. The lowest BCUT2D eigenvalue weighted by molar-refractivity contribution is 0.153. The third-order valence-electron chi connectivity index (χ3n) is 14.9. The first-order chi connectivity index (χ1) is 36.0. The molecule has 1 aliphatic rings. The molecule has 1 amide bonds. The summed E-state index contributed by atoms with van der Waals surface area (Å²) in [6.45, 7) is 23.6. The van der Waals surface area contributed by atoms with Gasteiger partial charge >= 0.3 is 6.09 Å². The van der Waals surface area contributed by atoms with Crippen LogP contribution in [0.2, 0.25) is 0 Å². The Labute approximate surface area is 446 Å². The van der Waals surface area contributed by atoms with E-state index in [2.05, 4.69) is 113 Å². The van der Waals surface area contributed by atoms with Crippen LogP contribution in [0.3, 0.4) is 0 Å². The number of nitrogens with one attached hydrogen (secondary N) is 2. The Hall–Kier alpha value is -6.60. The lowest BCUT2D eigenvalue weighted by atomic mass is 9.80. The van der Waals surface area contributed by atoms with E-state index in [0.717, 1.165) is 103 Å². The minimum atomic E-state index is -4.09. The van der Waals surface area contributed by atoms with Gasteiger partial charge in [0.25, 0.3) is 10.0 Å². The Balaban J connectivity index is 1.11. The van der Waals surface area contributed by atoms with E-state index in [0.29, 0.717) is 46.5 Å². The average molecular weight is 1030 g/mol. The lowest BCUT2D eigenvalue weighted by Crippen LogP contribution is -2.31. The van der Waals surface area contributed by atoms with Crippen LogP contribution < -0.4 is 19.3 Å². The Morgan fingerprint density at radius 1 is 0.760 bits per heavy atom. The van der Waals surface area contributed by atoms with Gasteiger partial charge in [0.1, 0.15) is 22.9 Å². The fourth-order valence-corrected chi connectivity index (χ4v) is 11.7. The predicted octanol–water partition coefficient (Wildman–Crippen LogP) is 15.7. The zero-order valence-corrected chi connectivity index (χ0v) is 46.9. The Bertz CT molecular complexity index is 3140. The molecule has 0 atom stereocenters. The number of aromatic amines is 1. The molecule has 398 valence electrons. The number of benzene rings is 5. The standard InChI is InChI=1S/C62H79N7O5S/c1-11-15-17-18-19-25-39-73-54-37-32-45(62(9,10)38-24-16-12-2)41-55(54)75(71,72)66-46-33-30-44(31-34-46)58-63-59-56(57(61(6,7)8)64-69(59)65-58)68(53-36-35-47(40-43(53)5)67(13-3)14-4)60(70)74-42-52-50-28-22-20-26-48(50)49-27-21-23-29-51(49)52/h20-23,26-37,40-41,52,64,66H,11-19,24-25,38-39,42H2,1-10H3. The summed E-state index contributed by atoms with van der Waals surface area (Å²) in [5.74, 6) is 0.602. The van der Waals surface area contributed by atoms with Crippen molar-refractivity contribution in [1.29, 1.82) is 0 Å². The molecule has 0 unspecified atom stereocenters. The van der Waals surface area contributed by atoms with Crippen LogP contribution in [0.15, 0.2) is 114 Å². The molecule has 0 aliphatic heterocycles. The van der Waals surface area contributed by atoms with Crippen LogP contribution in [0.1, 0.15) is 160 Å². The number of H-pyrrole nitrogens is 1. The Morgan fingerprint density at radius 3 is 2.04 bits per heavy atom. The number of amides is 1. The molecule has 0 spiro atoms. The number of aryl methyl sites for hydroxylation is 1. The van der Waals surface area contributed by atoms with E-state index in [-0.39, 0.29) is 22.8 Å². The van der Waals surface area contributed by atoms with Crippen molar-refractivity contribution in [3.8, 4) is 28.3 Å². The summed E-state index contributed by atoms with van der Waals surface area (Å²) in [5.41, 5.74) is 10.2. The second-order valence-corrected chi connectivity index (χ2v) is 23.5. The van der Waals surface area contributed by atoms with Gasteiger partial charge in [-0.1, -0.05) is 154 Å². The fraction of sp³-hybridized carbons (Fsp3) is 0.435. The average Bonchev–Trinajstić information content (AvgIpc) is 4.07. The van der Waals surface area contributed by atoms with Crippen molar-refractivity contribution in [3.05, 3.63) is 137 Å². The van der Waals surface area contributed by atoms with E-state index in [9.17, 15) is 8.42 Å². The van der Waals surface area contributed by atoms with Gasteiger partial charge in [0.2, 0.25) is 5.65 Å². The zero-order valence-electron chi connectivity index (χ0n) is 46.1. The van der Waals surface area contributed by atoms with Gasteiger partial charge in [-0.3, -0.25) is 9.82 Å². The molecule has 75 heavy (non-hydrogen) atoms. The van der Waals surface area contributed by atoms with Crippen molar-refractivity contribution in [2.24, 2.45) is 0 Å². The number of carbonyl (C=O) groups excluding carboxylic acids is 1. The van der Waals surface area contributed by atoms with Crippen molar-refractivity contribution >= 4 is 44.5 Å². The lowest BCUT2D eigenvalue weighted by Gasteiger charge is -2.29. The number of unbranched alkanes of at least 4 members (excludes halogenated alkanes) is 7. The van der Waals surface area contributed by atoms with Crippen molar-refractivity contribution in [3.63, 3.8) is 0 Å². The molecule has 0 radical (unpaired) electrons. The molecule has 0 bridgehead atoms. The van der Waals surface area contributed by atoms with Gasteiger partial charge in [-0.2, -0.15) is 4.63 Å². The molecular formula is C62H79N7O5S. The van der Waals surface area contributed by atoms with Gasteiger partial charge in [0, 0.05) is 41.4 Å². The normalized spacial score (nSPS) is 12.7. The molecule has 0 fully saturated rings. The van der Waals surface area contributed by atoms with Gasteiger partial charge in [-0.05, 0) is 127 Å². The smallest absolute Gasteiger partial charge is 0.419 e. The Kier molecular flexibility index (Phi) is 17.1. The number of sulfonamides is 1. The molecule has 5 aromatic carbocycles. The van der Waals surface area contributed by atoms with Gasteiger partial charge in [-0.25, -0.2) is 23.1 Å². The monoisotopic (exact) mass is 1030 g/mol. The van der Waals surface area contributed by atoms with Gasteiger partial charge in [-0.15, -0.1) is 5.10 Å². The highest BCUT2D eigenvalue weighted by atomic mass is 32.2. The first-order valence-electron chi connectivity index (χ1n) is 27.4. The first-order valence-corrected chi connectivity index (χ1v) is 28.9. The topological polar surface area (TPSA) is 134 Å². The van der Waals surface area contributed by atoms with Crippen molar-refractivity contribution in [1.82, 2.24) is 19.8 Å². The quantitative estimate of drug-likeness (QED) is 0.0572. The number of ether oxygens (including phenoxy) is 2. The summed E-state index contributed by atoms with van der Waals surface area (Å²) >= 11 is 0. The summed E-state index contributed by atoms with van der Waals surface area (Å²) in [4.78, 5) is 24.4. The van der Waals surface area contributed by atoms with Crippen molar-refractivity contribution in [2.45, 2.75) is 155 Å². The zero-order chi connectivity index (χ0) is 53.5. The Morgan fingerprint density at radius 2 is 1.40 bits per heavy atom. The van der Waals surface area contributed by atoms with E-state index >= 15 is 4.79 Å². The second-order valence-electron chi connectivity index (χ2n) is 21.8. The number of nitrogens with zero attached hydrogens (tertiary/aromatic N) is 5. The van der Waals surface area contributed by atoms with Crippen LogP contribution in [0, 0.1) is 6.92 Å². The number of rotatable bonds is 24. The number of hydrogen-bond donors (Lipinski definition) is 2. The van der Waals surface area contributed by atoms with Crippen LogP contribution in [-0.4, -0.2) is 60.6 Å². The number of aromatic nitrogens is 4. The fourth-order valence-electron chi connectivity index (χ4n) is 10.5. The van der Waals surface area contributed by atoms with E-state index in [1.165, 1.54) is 19.3 Å². The number of fused-ring (bicyclic) bond motifs is 4. The molecule has 1 aliphatic carbocycles. The van der Waals surface area contributed by atoms with E-state index in [4.69, 9.17) is 19.6 Å². The number of anilines is 4. The second kappa shape index (κ2) is 23.5. The third-order valence-corrected chi connectivity index (χ3v) is 16.3. The van der Waals surface area contributed by atoms with Gasteiger partial charge in [0.05, 0.1) is 18.0 Å². The molecular weight excluding hydrogens is 955 g/mol. The molecule has 7 aromatic rings. The van der Waals surface area contributed by atoms with Crippen LogP contribution in [0.4, 0.5) is 27.5 Å². The SMILES string of the molecule is CCCCCCCCOc1ccc(C(C)(C)CCCCC)cc1S(=O)(=O)Nc1ccc(-c2nc3c(N(C(=O)OCC4c5ccccc5-c5ccccc54)c4ccc(N(CC)CC)cc4C)c(C(C)(C)C)[nH]n3n2)cc1.